The number of urea groups is 1. The monoisotopic (exact) mass is 776 g/mol. The van der Waals surface area contributed by atoms with Crippen molar-refractivity contribution in [2.75, 3.05) is 74.8 Å². The molecule has 2 aliphatic heterocycles. The number of carbonyl (C=O) groups is 2. The first-order valence-corrected chi connectivity index (χ1v) is 18.6. The first kappa shape index (κ1) is 39.3. The highest BCUT2D eigenvalue weighted by molar-refractivity contribution is 7.89. The maximum absolute atomic E-state index is 15.0. The Kier molecular flexibility index (Phi) is 12.7. The van der Waals surface area contributed by atoms with Gasteiger partial charge in [0, 0.05) is 56.4 Å². The molecule has 2 aliphatic rings. The van der Waals surface area contributed by atoms with Gasteiger partial charge in [0.25, 0.3) is 15.9 Å². The maximum Gasteiger partial charge on any atom is 0.326 e. The number of hydroxylamine groups is 3. The summed E-state index contributed by atoms with van der Waals surface area (Å²) in [6, 6.07) is 15.5. The van der Waals surface area contributed by atoms with E-state index >= 15 is 0 Å². The molecule has 17 heteroatoms. The van der Waals surface area contributed by atoms with Crippen molar-refractivity contribution in [1.29, 1.82) is 0 Å². The largest absolute Gasteiger partial charge is 0.495 e. The van der Waals surface area contributed by atoms with E-state index in [9.17, 15) is 18.0 Å². The number of rotatable bonds is 12. The number of nitrogens with zero attached hydrogens (tertiary/aromatic N) is 6. The lowest BCUT2D eigenvalue weighted by Gasteiger charge is -2.39. The lowest BCUT2D eigenvalue weighted by molar-refractivity contribution is -0.170. The van der Waals surface area contributed by atoms with Crippen LogP contribution in [0.1, 0.15) is 35.7 Å². The molecule has 3 aromatic rings. The van der Waals surface area contributed by atoms with Crippen molar-refractivity contribution in [3.63, 3.8) is 0 Å². The highest BCUT2D eigenvalue weighted by atomic mass is 35.5. The SMILES string of the molecule is CCOc1cc(OC)c(S(=O)(=O)N(C)OC)cc1C1=NC(c2ccc(Cl)cc2)[C@@H](c2ccc(Cl)cc2)N1C(=O)N1CCN(CC(=O)N(C)OC)CC1. The van der Waals surface area contributed by atoms with Crippen LogP contribution in [-0.4, -0.2) is 125 Å². The van der Waals surface area contributed by atoms with Crippen LogP contribution in [0.25, 0.3) is 0 Å². The first-order valence-electron chi connectivity index (χ1n) is 16.4. The van der Waals surface area contributed by atoms with E-state index < -0.39 is 22.1 Å². The molecule has 0 aromatic heterocycles. The van der Waals surface area contributed by atoms with E-state index in [1.165, 1.54) is 45.6 Å². The van der Waals surface area contributed by atoms with Crippen molar-refractivity contribution in [2.45, 2.75) is 23.9 Å². The smallest absolute Gasteiger partial charge is 0.326 e. The Morgan fingerprint density at radius 1 is 0.865 bits per heavy atom. The van der Waals surface area contributed by atoms with Crippen LogP contribution in [0.2, 0.25) is 10.0 Å². The third kappa shape index (κ3) is 8.15. The molecule has 2 heterocycles. The van der Waals surface area contributed by atoms with Gasteiger partial charge < -0.3 is 14.4 Å². The topological polar surface area (TPSA) is 134 Å². The van der Waals surface area contributed by atoms with Crippen LogP contribution in [0.15, 0.2) is 70.6 Å². The summed E-state index contributed by atoms with van der Waals surface area (Å²) >= 11 is 12.6. The number of piperazine rings is 1. The second-order valence-electron chi connectivity index (χ2n) is 12.0. The predicted octanol–water partition coefficient (Wildman–Crippen LogP) is 4.88. The zero-order chi connectivity index (χ0) is 37.7. The minimum atomic E-state index is -4.25. The number of aliphatic imine (C=N–C) groups is 1. The van der Waals surface area contributed by atoms with Crippen LogP contribution in [0.3, 0.4) is 0 Å². The third-order valence-electron chi connectivity index (χ3n) is 9.00. The summed E-state index contributed by atoms with van der Waals surface area (Å²) in [5, 5.41) is 2.21. The second-order valence-corrected chi connectivity index (χ2v) is 14.7. The summed E-state index contributed by atoms with van der Waals surface area (Å²) in [7, 11) is 2.57. The third-order valence-corrected chi connectivity index (χ3v) is 11.2. The first-order chi connectivity index (χ1) is 24.8. The fourth-order valence-electron chi connectivity index (χ4n) is 6.09. The molecule has 0 saturated carbocycles. The molecule has 0 bridgehead atoms. The zero-order valence-corrected chi connectivity index (χ0v) is 32.1. The molecule has 2 atom stereocenters. The number of sulfonamides is 1. The summed E-state index contributed by atoms with van der Waals surface area (Å²) in [6.45, 7) is 3.63. The van der Waals surface area contributed by atoms with Crippen LogP contribution in [0, 0.1) is 0 Å². The number of hydrogen-bond donors (Lipinski definition) is 0. The molecule has 280 valence electrons. The molecular weight excluding hydrogens is 735 g/mol. The summed E-state index contributed by atoms with van der Waals surface area (Å²) < 4.78 is 39.8. The lowest BCUT2D eigenvalue weighted by Crippen LogP contribution is -2.55. The molecule has 1 unspecified atom stereocenters. The Balaban J connectivity index is 1.68. The zero-order valence-electron chi connectivity index (χ0n) is 29.8. The van der Waals surface area contributed by atoms with E-state index in [4.69, 9.17) is 47.3 Å². The minimum absolute atomic E-state index is 0.0147. The van der Waals surface area contributed by atoms with E-state index in [1.807, 2.05) is 29.2 Å². The summed E-state index contributed by atoms with van der Waals surface area (Å²) in [5.74, 6) is 0.248. The van der Waals surface area contributed by atoms with Crippen molar-refractivity contribution in [2.24, 2.45) is 4.99 Å². The lowest BCUT2D eigenvalue weighted by atomic mass is 9.93. The average Bonchev–Trinajstić information content (AvgIpc) is 3.54. The number of hydrogen-bond acceptors (Lipinski definition) is 10. The Morgan fingerprint density at radius 3 is 2.00 bits per heavy atom. The highest BCUT2D eigenvalue weighted by Gasteiger charge is 2.45. The number of halogens is 2. The van der Waals surface area contributed by atoms with Gasteiger partial charge in [-0.15, -0.1) is 0 Å². The van der Waals surface area contributed by atoms with Crippen LogP contribution in [-0.2, 0) is 24.5 Å². The van der Waals surface area contributed by atoms with Gasteiger partial charge in [0.15, 0.2) is 0 Å². The van der Waals surface area contributed by atoms with Crippen molar-refractivity contribution in [1.82, 2.24) is 24.2 Å². The molecule has 0 N–H and O–H groups in total. The molecule has 5 rings (SSSR count). The number of ether oxygens (including phenoxy) is 2. The van der Waals surface area contributed by atoms with Gasteiger partial charge in [-0.05, 0) is 48.4 Å². The molecule has 14 nitrogen and oxygen atoms in total. The Hall–Kier alpha value is -3.96. The normalized spacial score (nSPS) is 18.1. The number of amidine groups is 1. The summed E-state index contributed by atoms with van der Waals surface area (Å²) in [6.07, 6.45) is 0. The Morgan fingerprint density at radius 2 is 1.46 bits per heavy atom. The van der Waals surface area contributed by atoms with Crippen LogP contribution < -0.4 is 9.47 Å². The van der Waals surface area contributed by atoms with Crippen LogP contribution >= 0.6 is 23.2 Å². The standard InChI is InChI=1S/C35H42Cl2N6O8S/c1-7-51-28-21-29(48-4)30(52(46,47)40(3)50-6)20-27(28)34-38-32(23-8-12-25(36)13-9-23)33(24-10-14-26(37)15-11-24)43(34)35(45)42-18-16-41(17-19-42)22-31(44)39(2)49-5/h8-15,20-21,32-33H,7,16-19,22H2,1-6H3/t32?,33-/m1/s1. The summed E-state index contributed by atoms with van der Waals surface area (Å²) in [4.78, 5) is 47.8. The Bertz CT molecular complexity index is 1890. The average molecular weight is 778 g/mol. The molecule has 3 aromatic carbocycles. The molecule has 52 heavy (non-hydrogen) atoms. The van der Waals surface area contributed by atoms with Crippen LogP contribution in [0.5, 0.6) is 11.5 Å². The van der Waals surface area contributed by atoms with Gasteiger partial charge in [-0.3, -0.25) is 29.3 Å². The van der Waals surface area contributed by atoms with Gasteiger partial charge in [0.05, 0.1) is 46.1 Å². The molecular formula is C35H42Cl2N6O8S. The van der Waals surface area contributed by atoms with Crippen LogP contribution in [0.4, 0.5) is 4.79 Å². The summed E-state index contributed by atoms with van der Waals surface area (Å²) in [5.41, 5.74) is 1.75. The van der Waals surface area contributed by atoms with E-state index in [-0.39, 0.29) is 52.9 Å². The molecule has 0 spiro atoms. The van der Waals surface area contributed by atoms with Crippen molar-refractivity contribution >= 4 is 51.0 Å². The predicted molar refractivity (Wildman–Crippen MR) is 196 cm³/mol. The fourth-order valence-corrected chi connectivity index (χ4v) is 7.47. The number of methoxy groups -OCH3 is 1. The van der Waals surface area contributed by atoms with Gasteiger partial charge in [-0.2, -0.15) is 0 Å². The van der Waals surface area contributed by atoms with Crippen molar-refractivity contribution in [3.8, 4) is 11.5 Å². The second kappa shape index (κ2) is 16.8. The van der Waals surface area contributed by atoms with Gasteiger partial charge in [-0.25, -0.2) is 18.3 Å². The van der Waals surface area contributed by atoms with E-state index in [0.29, 0.717) is 36.2 Å². The van der Waals surface area contributed by atoms with Gasteiger partial charge in [-0.1, -0.05) is 51.9 Å². The van der Waals surface area contributed by atoms with E-state index in [1.54, 1.807) is 48.0 Å². The molecule has 3 amide bonds. The highest BCUT2D eigenvalue weighted by Crippen LogP contribution is 2.46. The molecule has 1 saturated heterocycles. The number of benzene rings is 3. The van der Waals surface area contributed by atoms with Crippen molar-refractivity contribution < 1.29 is 37.2 Å². The van der Waals surface area contributed by atoms with E-state index in [0.717, 1.165) is 15.6 Å². The van der Waals surface area contributed by atoms with Gasteiger partial charge in [0.2, 0.25) is 0 Å². The van der Waals surface area contributed by atoms with Gasteiger partial charge >= 0.3 is 6.03 Å². The number of likely N-dealkylation sites (N-methyl/N-ethyl adjacent to an activating group) is 1. The minimum Gasteiger partial charge on any atom is -0.495 e. The fraction of sp³-hybridized carbons (Fsp3) is 0.400. The molecule has 0 radical (unpaired) electrons. The Labute approximate surface area is 313 Å². The van der Waals surface area contributed by atoms with Crippen molar-refractivity contribution in [3.05, 3.63) is 87.4 Å². The quantitative estimate of drug-likeness (QED) is 0.236. The van der Waals surface area contributed by atoms with E-state index in [2.05, 4.69) is 0 Å². The molecule has 1 fully saturated rings. The number of amides is 3. The van der Waals surface area contributed by atoms with Gasteiger partial charge in [0.1, 0.15) is 28.3 Å². The maximum atomic E-state index is 15.0. The number of carbonyl (C=O) groups excluding carboxylic acids is 2. The molecule has 0 aliphatic carbocycles.